The smallest absolute Gasteiger partial charge is 0.449 e. The molecule has 1 heterocycles. The van der Waals surface area contributed by atoms with Gasteiger partial charge in [-0.15, -0.1) is 0 Å². The molecule has 0 radical (unpaired) electrons. The van der Waals surface area contributed by atoms with Crippen molar-refractivity contribution in [3.05, 3.63) is 125 Å². The van der Waals surface area contributed by atoms with E-state index in [1.165, 1.54) is 13.2 Å². The van der Waals surface area contributed by atoms with Crippen molar-refractivity contribution < 1.29 is 31.9 Å². The molecule has 0 aliphatic heterocycles. The van der Waals surface area contributed by atoms with E-state index in [1.807, 2.05) is 75.4 Å². The number of alkyl halides is 3. The fraction of sp³-hybridized carbons (Fsp3) is 0.270. The molecule has 4 aromatic carbocycles. The normalized spacial score (nSPS) is 12.1. The van der Waals surface area contributed by atoms with E-state index in [1.54, 1.807) is 7.11 Å². The van der Waals surface area contributed by atoms with Crippen LogP contribution < -0.4 is 4.74 Å². The topological polar surface area (TPSA) is 51.9 Å². The molecule has 5 aromatic rings. The molecule has 0 aliphatic carbocycles. The molecule has 45 heavy (non-hydrogen) atoms. The van der Waals surface area contributed by atoms with Crippen LogP contribution in [0.2, 0.25) is 0 Å². The van der Waals surface area contributed by atoms with Crippen molar-refractivity contribution in [1.82, 2.24) is 4.90 Å². The summed E-state index contributed by atoms with van der Waals surface area (Å²) in [5.41, 5.74) is 4.82. The fourth-order valence-corrected chi connectivity index (χ4v) is 5.66. The van der Waals surface area contributed by atoms with Gasteiger partial charge in [0.1, 0.15) is 11.5 Å². The van der Waals surface area contributed by atoms with Gasteiger partial charge in [-0.2, -0.15) is 13.2 Å². The van der Waals surface area contributed by atoms with Crippen LogP contribution in [-0.2, 0) is 40.8 Å². The number of fused-ring (bicyclic) bond motifs is 1. The molecule has 0 spiro atoms. The first-order valence-corrected chi connectivity index (χ1v) is 14.6. The largest absolute Gasteiger partial charge is 0.496 e. The maximum atomic E-state index is 13.3. The van der Waals surface area contributed by atoms with E-state index < -0.39 is 17.4 Å². The summed E-state index contributed by atoms with van der Waals surface area (Å²) in [5, 5.41) is 2.19. The van der Waals surface area contributed by atoms with E-state index in [0.717, 1.165) is 50.2 Å². The highest BCUT2D eigenvalue weighted by Crippen LogP contribution is 2.36. The van der Waals surface area contributed by atoms with Crippen molar-refractivity contribution in [3.63, 3.8) is 0 Å². The number of ether oxygens (including phenoxy) is 2. The van der Waals surface area contributed by atoms with E-state index in [4.69, 9.17) is 13.9 Å². The third kappa shape index (κ3) is 6.91. The molecule has 0 amide bonds. The first kappa shape index (κ1) is 31.9. The highest BCUT2D eigenvalue weighted by molar-refractivity contribution is 5.86. The maximum Gasteiger partial charge on any atom is 0.449 e. The Balaban J connectivity index is 1.49. The summed E-state index contributed by atoms with van der Waals surface area (Å²) in [6.07, 6.45) is -4.55. The van der Waals surface area contributed by atoms with Gasteiger partial charge >= 0.3 is 12.1 Å². The second kappa shape index (κ2) is 12.8. The molecular weight excluding hydrogens is 579 g/mol. The van der Waals surface area contributed by atoms with Crippen LogP contribution in [0.4, 0.5) is 13.2 Å². The van der Waals surface area contributed by atoms with Crippen molar-refractivity contribution in [1.29, 1.82) is 0 Å². The van der Waals surface area contributed by atoms with E-state index in [0.29, 0.717) is 18.8 Å². The third-order valence-electron chi connectivity index (χ3n) is 8.24. The Hall–Kier alpha value is -4.56. The molecule has 0 atom stereocenters. The molecule has 0 aliphatic rings. The number of carbonyl (C=O) groups excluding carboxylic acids is 1. The Labute approximate surface area is 261 Å². The summed E-state index contributed by atoms with van der Waals surface area (Å²) in [4.78, 5) is 14.5. The molecule has 0 bridgehead atoms. The molecule has 0 unspecified atom stereocenters. The van der Waals surface area contributed by atoms with Crippen LogP contribution in [0.5, 0.6) is 5.75 Å². The monoisotopic (exact) mass is 615 g/mol. The number of aryl methyl sites for hydroxylation is 1. The number of esters is 1. The summed E-state index contributed by atoms with van der Waals surface area (Å²) in [5.74, 6) is -0.474. The minimum absolute atomic E-state index is 0.174. The third-order valence-corrected chi connectivity index (χ3v) is 8.24. The molecule has 0 N–H and O–H groups in total. The predicted octanol–water partition coefficient (Wildman–Crippen LogP) is 9.09. The molecule has 0 saturated heterocycles. The number of benzene rings is 4. The van der Waals surface area contributed by atoms with Crippen molar-refractivity contribution in [2.24, 2.45) is 0 Å². The first-order chi connectivity index (χ1) is 21.4. The van der Waals surface area contributed by atoms with Gasteiger partial charge in [0, 0.05) is 18.7 Å². The SMILES string of the molecule is COC(=O)C(C)(C)c1cccc(-c2ccc(CN(Cc3ccc(C(F)(F)F)o3)Cc3c(C)ccc4ccccc34)cc2OC)c1. The van der Waals surface area contributed by atoms with E-state index in [9.17, 15) is 18.0 Å². The van der Waals surface area contributed by atoms with E-state index in [-0.39, 0.29) is 18.3 Å². The molecule has 1 aromatic heterocycles. The number of rotatable bonds is 10. The maximum absolute atomic E-state index is 13.3. The number of furan rings is 1. The summed E-state index contributed by atoms with van der Waals surface area (Å²) >= 11 is 0. The van der Waals surface area contributed by atoms with Crippen molar-refractivity contribution in [2.75, 3.05) is 14.2 Å². The van der Waals surface area contributed by atoms with Gasteiger partial charge in [-0.1, -0.05) is 66.7 Å². The van der Waals surface area contributed by atoms with Gasteiger partial charge in [0.25, 0.3) is 0 Å². The number of nitrogens with zero attached hydrogens (tertiary/aromatic N) is 1. The van der Waals surface area contributed by atoms with Gasteiger partial charge in [-0.25, -0.2) is 0 Å². The Morgan fingerprint density at radius 1 is 0.844 bits per heavy atom. The lowest BCUT2D eigenvalue weighted by atomic mass is 9.83. The lowest BCUT2D eigenvalue weighted by Crippen LogP contribution is -2.30. The van der Waals surface area contributed by atoms with Gasteiger partial charge in [0.2, 0.25) is 5.76 Å². The standard InChI is InChI=1S/C37H36F3NO4/c1-24-13-15-26-9-6-7-12-30(26)32(24)23-41(22-29-16-18-34(45-29)37(38,39)40)21-25-14-17-31(33(19-25)43-4)27-10-8-11-28(20-27)36(2,3)35(42)44-5/h6-20H,21-23H2,1-5H3. The average molecular weight is 616 g/mol. The number of hydrogen-bond donors (Lipinski definition) is 0. The highest BCUT2D eigenvalue weighted by Gasteiger charge is 2.35. The van der Waals surface area contributed by atoms with Gasteiger partial charge in [-0.3, -0.25) is 9.69 Å². The van der Waals surface area contributed by atoms with Crippen LogP contribution in [0.15, 0.2) is 95.4 Å². The van der Waals surface area contributed by atoms with Crippen molar-refractivity contribution in [2.45, 2.75) is 52.0 Å². The van der Waals surface area contributed by atoms with Crippen LogP contribution in [0.3, 0.4) is 0 Å². The molecule has 0 fully saturated rings. The van der Waals surface area contributed by atoms with Gasteiger partial charge in [0.05, 0.1) is 26.2 Å². The molecule has 5 rings (SSSR count). The van der Waals surface area contributed by atoms with Crippen LogP contribution in [0.1, 0.15) is 47.6 Å². The molecule has 234 valence electrons. The second-order valence-corrected chi connectivity index (χ2v) is 11.7. The summed E-state index contributed by atoms with van der Waals surface area (Å²) < 4.78 is 56.0. The lowest BCUT2D eigenvalue weighted by Gasteiger charge is -2.24. The number of halogens is 3. The van der Waals surface area contributed by atoms with Gasteiger partial charge < -0.3 is 13.9 Å². The number of hydrogen-bond acceptors (Lipinski definition) is 5. The second-order valence-electron chi connectivity index (χ2n) is 11.7. The first-order valence-electron chi connectivity index (χ1n) is 14.6. The Bertz CT molecular complexity index is 1820. The van der Waals surface area contributed by atoms with E-state index >= 15 is 0 Å². The van der Waals surface area contributed by atoms with Crippen LogP contribution in [0, 0.1) is 6.92 Å². The Kier molecular flexibility index (Phi) is 9.07. The fourth-order valence-electron chi connectivity index (χ4n) is 5.66. The number of carbonyl (C=O) groups is 1. The zero-order valence-electron chi connectivity index (χ0n) is 26.0. The minimum atomic E-state index is -4.55. The molecule has 5 nitrogen and oxygen atoms in total. The van der Waals surface area contributed by atoms with Crippen molar-refractivity contribution in [3.8, 4) is 16.9 Å². The Morgan fingerprint density at radius 2 is 1.62 bits per heavy atom. The number of methoxy groups -OCH3 is 2. The van der Waals surface area contributed by atoms with Gasteiger partial charge in [-0.05, 0) is 83.6 Å². The van der Waals surface area contributed by atoms with Gasteiger partial charge in [0.15, 0.2) is 0 Å². The minimum Gasteiger partial charge on any atom is -0.496 e. The quantitative estimate of drug-likeness (QED) is 0.147. The van der Waals surface area contributed by atoms with Crippen LogP contribution >= 0.6 is 0 Å². The summed E-state index contributed by atoms with van der Waals surface area (Å²) in [7, 11) is 2.98. The zero-order chi connectivity index (χ0) is 32.4. The van der Waals surface area contributed by atoms with Crippen LogP contribution in [0.25, 0.3) is 21.9 Å². The molecular formula is C37H36F3NO4. The predicted molar refractivity (Wildman–Crippen MR) is 169 cm³/mol. The lowest BCUT2D eigenvalue weighted by molar-refractivity contribution is -0.153. The average Bonchev–Trinajstić information content (AvgIpc) is 3.51. The molecule has 8 heteroatoms. The van der Waals surface area contributed by atoms with E-state index in [2.05, 4.69) is 29.2 Å². The van der Waals surface area contributed by atoms with Crippen LogP contribution in [-0.4, -0.2) is 25.1 Å². The Morgan fingerprint density at radius 3 is 2.33 bits per heavy atom. The van der Waals surface area contributed by atoms with Crippen molar-refractivity contribution >= 4 is 16.7 Å². The molecule has 0 saturated carbocycles. The summed E-state index contributed by atoms with van der Waals surface area (Å²) in [6.45, 7) is 6.78. The zero-order valence-corrected chi connectivity index (χ0v) is 26.0. The summed E-state index contributed by atoms with van der Waals surface area (Å²) in [6, 6.07) is 28.2. The highest BCUT2D eigenvalue weighted by atomic mass is 19.4.